The highest BCUT2D eigenvalue weighted by Crippen LogP contribution is 2.12. The Bertz CT molecular complexity index is 3140. The van der Waals surface area contributed by atoms with Crippen molar-refractivity contribution in [3.05, 3.63) is 18.2 Å². The van der Waals surface area contributed by atoms with Crippen LogP contribution < -0.4 is 103 Å². The molecule has 0 fully saturated rings. The van der Waals surface area contributed by atoms with Gasteiger partial charge in [0, 0.05) is 36.2 Å². The zero-order chi connectivity index (χ0) is 80.7. The summed E-state index contributed by atoms with van der Waals surface area (Å²) in [6.45, 7) is 4.71. The molecule has 0 aromatic carbocycles. The van der Waals surface area contributed by atoms with Crippen molar-refractivity contribution in [2.75, 3.05) is 50.9 Å². The summed E-state index contributed by atoms with van der Waals surface area (Å²) in [7, 11) is 0. The van der Waals surface area contributed by atoms with Crippen molar-refractivity contribution in [1.29, 1.82) is 0 Å². The van der Waals surface area contributed by atoms with Crippen LogP contribution in [-0.2, 0) is 87.9 Å². The minimum absolute atomic E-state index is 0.131. The third kappa shape index (κ3) is 34.7. The van der Waals surface area contributed by atoms with E-state index in [4.69, 9.17) is 33.8 Å². The lowest BCUT2D eigenvalue weighted by atomic mass is 10.0. The molecule has 1 aromatic heterocycles. The highest BCUT2D eigenvalue weighted by Gasteiger charge is 2.40. The third-order valence-electron chi connectivity index (χ3n) is 15.6. The number of nitrogens with zero attached hydrogens (tertiary/aromatic N) is 1. The standard InChI is InChI=1S/C61H105N21O22S2/c1-27(2)45(79-53(96)36(18-42(66)88)74-51(94)33(12-8-10-16-63)72-56(99)39(24-105)78-54(97)37(22-83)71-43(89)20-68-49(92)32(64)11-7-9-15-62)59(102)76-38(23-84)55(98)81-48(30(6)86)61(104)80-46(28(3)4)58(101)73-34(13-14-41(65)87)52(95)77-40(25-106)57(100)82-47(29(5)85)60(103)75-35(17-31-19-67-26-70-31)50(93)69-21-44(90)91/h19,26-30,32-40,45-48,83-86,105-106H,7-18,20-25,62-64H2,1-6H3,(H2,65,87)(H2,66,88)(H,67,70)(H,68,92)(H,69,93)(H,71,89)(H,72,99)(H,73,101)(H,74,94)(H,75,103)(H,76,102)(H,77,95)(H,78,97)(H,79,96)(H,80,104)(H,81,98)(H,82,100)(H,90,91)/t29-,30-,32+,33+,34+,35+,36+,37+,38+,39+,40+,45+,46+,47+,48+/m1/s1. The van der Waals surface area contributed by atoms with E-state index in [-0.39, 0.29) is 32.2 Å². The molecule has 0 spiro atoms. The van der Waals surface area contributed by atoms with Crippen LogP contribution in [0, 0.1) is 11.8 Å². The molecule has 15 atom stereocenters. The Morgan fingerprint density at radius 1 is 0.443 bits per heavy atom. The van der Waals surface area contributed by atoms with Gasteiger partial charge in [0.2, 0.25) is 94.5 Å². The first-order valence-corrected chi connectivity index (χ1v) is 35.0. The first-order chi connectivity index (χ1) is 49.8. The van der Waals surface area contributed by atoms with E-state index < -0.39 is 260 Å². The van der Waals surface area contributed by atoms with Gasteiger partial charge in [0.15, 0.2) is 0 Å². The zero-order valence-corrected chi connectivity index (χ0v) is 61.4. The average Bonchev–Trinajstić information content (AvgIpc) is 0.948. The third-order valence-corrected chi connectivity index (χ3v) is 16.3. The molecule has 43 nitrogen and oxygen atoms in total. The Labute approximate surface area is 620 Å². The lowest BCUT2D eigenvalue weighted by molar-refractivity contribution is -0.139. The van der Waals surface area contributed by atoms with Crippen molar-refractivity contribution in [3.8, 4) is 0 Å². The molecule has 16 amide bonds. The number of aromatic nitrogens is 2. The molecule has 45 heteroatoms. The maximum Gasteiger partial charge on any atom is 0.322 e. The van der Waals surface area contributed by atoms with Gasteiger partial charge >= 0.3 is 5.97 Å². The SMILES string of the molecule is CC(C)[C@H](NC(=O)[C@H](CC(N)=O)NC(=O)[C@H](CCCCN)NC(=O)[C@H](CS)NC(=O)[C@H](CO)NC(=O)CNC(=O)[C@@H](N)CCCCN)C(=O)N[C@@H](CO)C(=O)N[C@H](C(=O)N[C@H](C(=O)N[C@@H](CCC(N)=O)C(=O)N[C@@H](CS)C(=O)N[C@H](C(=O)N[C@@H](Cc1cnc[nH]1)C(=O)NCC(=O)O)[C@@H](C)O)C(C)C)[C@@H](C)O. The smallest absolute Gasteiger partial charge is 0.322 e. The number of rotatable bonds is 52. The molecule has 598 valence electrons. The van der Waals surface area contributed by atoms with Crippen molar-refractivity contribution < 1.29 is 107 Å². The van der Waals surface area contributed by atoms with E-state index in [1.807, 2.05) is 0 Å². The first-order valence-electron chi connectivity index (χ1n) is 33.7. The number of carbonyl (C=O) groups excluding carboxylic acids is 16. The van der Waals surface area contributed by atoms with Gasteiger partial charge in [-0.15, -0.1) is 0 Å². The number of nitrogens with one attached hydrogen (secondary N) is 15. The van der Waals surface area contributed by atoms with Crippen molar-refractivity contribution in [3.63, 3.8) is 0 Å². The van der Waals surface area contributed by atoms with Crippen LogP contribution in [0.25, 0.3) is 0 Å². The Morgan fingerprint density at radius 3 is 1.27 bits per heavy atom. The summed E-state index contributed by atoms with van der Waals surface area (Å²) in [5.41, 5.74) is 28.1. The molecule has 1 heterocycles. The summed E-state index contributed by atoms with van der Waals surface area (Å²) in [4.78, 5) is 232. The van der Waals surface area contributed by atoms with E-state index in [9.17, 15) is 102 Å². The van der Waals surface area contributed by atoms with Crippen LogP contribution in [-0.4, -0.2) is 278 Å². The van der Waals surface area contributed by atoms with Crippen molar-refractivity contribution >= 4 is 126 Å². The van der Waals surface area contributed by atoms with E-state index >= 15 is 0 Å². The van der Waals surface area contributed by atoms with E-state index in [0.717, 1.165) is 13.8 Å². The molecule has 30 N–H and O–H groups in total. The van der Waals surface area contributed by atoms with Crippen LogP contribution in [0.3, 0.4) is 0 Å². The largest absolute Gasteiger partial charge is 0.480 e. The molecular formula is C61H105N21O22S2. The molecule has 1 rings (SSSR count). The van der Waals surface area contributed by atoms with E-state index in [2.05, 4.69) is 110 Å². The van der Waals surface area contributed by atoms with Crippen molar-refractivity contribution in [1.82, 2.24) is 84.4 Å². The number of unbranched alkanes of at least 4 members (excludes halogenated alkanes) is 2. The van der Waals surface area contributed by atoms with Gasteiger partial charge in [0.1, 0.15) is 79.0 Å². The average molecular weight is 1550 g/mol. The molecule has 0 unspecified atom stereocenters. The monoisotopic (exact) mass is 1550 g/mol. The maximum absolute atomic E-state index is 14.1. The number of aliphatic hydroxyl groups excluding tert-OH is 4. The number of imidazole rings is 1. The van der Waals surface area contributed by atoms with Gasteiger partial charge in [-0.25, -0.2) is 4.98 Å². The van der Waals surface area contributed by atoms with Crippen LogP contribution >= 0.6 is 25.3 Å². The lowest BCUT2D eigenvalue weighted by Gasteiger charge is -2.30. The molecule has 0 aliphatic heterocycles. The summed E-state index contributed by atoms with van der Waals surface area (Å²) in [6, 6.07) is -21.5. The highest BCUT2D eigenvalue weighted by atomic mass is 32.1. The number of aliphatic carboxylic acids is 1. The number of aromatic amines is 1. The van der Waals surface area contributed by atoms with Crippen LogP contribution in [0.1, 0.15) is 105 Å². The lowest BCUT2D eigenvalue weighted by Crippen LogP contribution is -2.63. The van der Waals surface area contributed by atoms with Gasteiger partial charge in [-0.1, -0.05) is 34.1 Å². The van der Waals surface area contributed by atoms with Crippen LogP contribution in [0.2, 0.25) is 0 Å². The molecule has 106 heavy (non-hydrogen) atoms. The molecule has 0 saturated carbocycles. The number of hydrogen-bond acceptors (Lipinski definition) is 27. The van der Waals surface area contributed by atoms with E-state index in [1.165, 1.54) is 40.2 Å². The topological polar surface area (TPSA) is 719 Å². The summed E-state index contributed by atoms with van der Waals surface area (Å²) in [5, 5.41) is 82.9. The van der Waals surface area contributed by atoms with Gasteiger partial charge in [-0.2, -0.15) is 25.3 Å². The van der Waals surface area contributed by atoms with E-state index in [0.29, 0.717) is 31.5 Å². The molecule has 1 aromatic rings. The van der Waals surface area contributed by atoms with Crippen molar-refractivity contribution in [2.45, 2.75) is 197 Å². The Morgan fingerprint density at radius 2 is 0.821 bits per heavy atom. The number of aliphatic hydroxyl groups is 4. The van der Waals surface area contributed by atoms with Crippen molar-refractivity contribution in [2.24, 2.45) is 40.5 Å². The second-order valence-corrected chi connectivity index (χ2v) is 25.9. The predicted octanol–water partition coefficient (Wildman–Crippen LogP) is -12.3. The number of carbonyl (C=O) groups is 17. The molecule has 0 saturated heterocycles. The number of hydrogen-bond donors (Lipinski definition) is 27. The number of carboxylic acids is 1. The minimum Gasteiger partial charge on any atom is -0.480 e. The normalized spacial score (nSPS) is 15.4. The van der Waals surface area contributed by atoms with Gasteiger partial charge in [-0.05, 0) is 77.3 Å². The molecule has 0 aliphatic carbocycles. The van der Waals surface area contributed by atoms with Gasteiger partial charge in [0.25, 0.3) is 0 Å². The Hall–Kier alpha value is -9.38. The number of thiol groups is 2. The van der Waals surface area contributed by atoms with Crippen LogP contribution in [0.15, 0.2) is 12.5 Å². The quantitative estimate of drug-likeness (QED) is 0.0213. The summed E-state index contributed by atoms with van der Waals surface area (Å²) < 4.78 is 0. The first kappa shape index (κ1) is 94.6. The molecular weight excluding hydrogens is 1440 g/mol. The van der Waals surface area contributed by atoms with Gasteiger partial charge in [0.05, 0.1) is 50.8 Å². The van der Waals surface area contributed by atoms with E-state index in [1.54, 1.807) is 0 Å². The summed E-state index contributed by atoms with van der Waals surface area (Å²) in [5.74, 6) is -21.5. The summed E-state index contributed by atoms with van der Waals surface area (Å²) >= 11 is 8.26. The number of primary amides is 2. The second-order valence-electron chi connectivity index (χ2n) is 25.2. The number of amides is 16. The Balaban J connectivity index is 3.34. The zero-order valence-electron chi connectivity index (χ0n) is 59.6. The Kier molecular flexibility index (Phi) is 44.1. The number of H-pyrrole nitrogens is 1. The van der Waals surface area contributed by atoms with Gasteiger partial charge in [-0.3, -0.25) is 81.5 Å². The maximum atomic E-state index is 14.1. The fourth-order valence-corrected chi connectivity index (χ4v) is 10.1. The molecule has 0 radical (unpaired) electrons. The fraction of sp³-hybridized carbons (Fsp3) is 0.672. The second kappa shape index (κ2) is 49.4. The fourth-order valence-electron chi connectivity index (χ4n) is 9.56. The minimum atomic E-state index is -1.99. The summed E-state index contributed by atoms with van der Waals surface area (Å²) in [6.07, 6.45) is -1.37. The number of carboxylic acid groups (broad SMARTS) is 1. The predicted molar refractivity (Wildman–Crippen MR) is 380 cm³/mol. The van der Waals surface area contributed by atoms with Gasteiger partial charge < -0.3 is 134 Å². The highest BCUT2D eigenvalue weighted by molar-refractivity contribution is 7.80. The molecule has 0 bridgehead atoms. The number of nitrogens with two attached hydrogens (primary N) is 5. The molecule has 0 aliphatic rings. The van der Waals surface area contributed by atoms with Crippen LogP contribution in [0.5, 0.6) is 0 Å². The van der Waals surface area contributed by atoms with Crippen LogP contribution in [0.4, 0.5) is 0 Å².